The Kier molecular flexibility index (Phi) is 5.38. The zero-order valence-electron chi connectivity index (χ0n) is 19.1. The van der Waals surface area contributed by atoms with Crippen LogP contribution in [0.25, 0.3) is 21.8 Å². The Morgan fingerprint density at radius 1 is 1.09 bits per heavy atom. The van der Waals surface area contributed by atoms with Crippen LogP contribution in [0, 0.1) is 6.92 Å². The van der Waals surface area contributed by atoms with Crippen molar-refractivity contribution < 1.29 is 4.74 Å². The van der Waals surface area contributed by atoms with Crippen LogP contribution < -0.4 is 15.8 Å². The first-order valence-corrected chi connectivity index (χ1v) is 11.2. The van der Waals surface area contributed by atoms with E-state index in [2.05, 4.69) is 67.6 Å². The smallest absolute Gasteiger partial charge is 0.222 e. The lowest BCUT2D eigenvalue weighted by Crippen LogP contribution is -2.08. The average molecular weight is 441 g/mol. The van der Waals surface area contributed by atoms with E-state index in [1.807, 2.05) is 33.0 Å². The molecule has 0 fully saturated rings. The molecule has 0 spiro atoms. The molecule has 0 aliphatic rings. The predicted octanol–water partition coefficient (Wildman–Crippen LogP) is 5.27. The summed E-state index contributed by atoms with van der Waals surface area (Å²) in [6, 6.07) is 14.5. The van der Waals surface area contributed by atoms with Crippen LogP contribution in [0.5, 0.6) is 5.75 Å². The Bertz CT molecular complexity index is 1450. The second kappa shape index (κ2) is 8.50. The molecule has 0 bridgehead atoms. The molecule has 0 saturated heterocycles. The fraction of sp³-hybridized carbons (Fsp3) is 0.231. The van der Waals surface area contributed by atoms with Gasteiger partial charge < -0.3 is 25.3 Å². The molecule has 0 saturated carbocycles. The van der Waals surface area contributed by atoms with Gasteiger partial charge in [0.05, 0.1) is 6.61 Å². The summed E-state index contributed by atoms with van der Waals surface area (Å²) < 4.78 is 7.80. The van der Waals surface area contributed by atoms with Crippen LogP contribution in [0.15, 0.2) is 54.9 Å². The Balaban J connectivity index is 1.47. The standard InChI is InChI=1S/C26H28N6O/c1-4-33-18-9-11-22-21(14-18)17(15-28-22)8-10-19-16(2)29-26(27)31-25(19)30-23-6-5-7-24-20(23)12-13-32(24)3/h5-7,9,11-15,28H,4,8,10H2,1-3H3,(H3,27,29,30,31). The molecule has 0 amide bonds. The highest BCUT2D eigenvalue weighted by molar-refractivity contribution is 5.94. The minimum absolute atomic E-state index is 0.271. The molecule has 5 aromatic rings. The van der Waals surface area contributed by atoms with Crippen molar-refractivity contribution in [1.82, 2.24) is 19.5 Å². The first kappa shape index (κ1) is 20.9. The van der Waals surface area contributed by atoms with Crippen molar-refractivity contribution >= 4 is 39.3 Å². The molecule has 0 aliphatic heterocycles. The van der Waals surface area contributed by atoms with E-state index in [1.165, 1.54) is 10.9 Å². The summed E-state index contributed by atoms with van der Waals surface area (Å²) in [5.74, 6) is 1.91. The number of hydrogen-bond donors (Lipinski definition) is 3. The summed E-state index contributed by atoms with van der Waals surface area (Å²) >= 11 is 0. The Morgan fingerprint density at radius 2 is 1.97 bits per heavy atom. The van der Waals surface area contributed by atoms with Crippen molar-refractivity contribution in [2.45, 2.75) is 26.7 Å². The molecule has 0 radical (unpaired) electrons. The number of aromatic amines is 1. The zero-order chi connectivity index (χ0) is 22.9. The largest absolute Gasteiger partial charge is 0.494 e. The molecule has 33 heavy (non-hydrogen) atoms. The normalized spacial score (nSPS) is 11.4. The highest BCUT2D eigenvalue weighted by Crippen LogP contribution is 2.30. The zero-order valence-corrected chi connectivity index (χ0v) is 19.1. The van der Waals surface area contributed by atoms with Crippen LogP contribution in [0.4, 0.5) is 17.5 Å². The van der Waals surface area contributed by atoms with Gasteiger partial charge in [0, 0.05) is 58.2 Å². The number of nitrogens with two attached hydrogens (primary N) is 1. The number of nitrogens with zero attached hydrogens (tertiary/aromatic N) is 3. The molecule has 7 heteroatoms. The third-order valence-corrected chi connectivity index (χ3v) is 6.11. The molecule has 0 atom stereocenters. The Labute approximate surface area is 192 Å². The van der Waals surface area contributed by atoms with Crippen molar-refractivity contribution in [3.05, 3.63) is 71.7 Å². The number of fused-ring (bicyclic) bond motifs is 2. The highest BCUT2D eigenvalue weighted by Gasteiger charge is 2.14. The lowest BCUT2D eigenvalue weighted by atomic mass is 10.0. The van der Waals surface area contributed by atoms with Crippen molar-refractivity contribution in [3.63, 3.8) is 0 Å². The highest BCUT2D eigenvalue weighted by atomic mass is 16.5. The Morgan fingerprint density at radius 3 is 2.82 bits per heavy atom. The fourth-order valence-electron chi connectivity index (χ4n) is 4.44. The maximum Gasteiger partial charge on any atom is 0.222 e. The van der Waals surface area contributed by atoms with Crippen LogP contribution in [0.2, 0.25) is 0 Å². The summed E-state index contributed by atoms with van der Waals surface area (Å²) in [4.78, 5) is 12.4. The first-order valence-electron chi connectivity index (χ1n) is 11.2. The number of benzene rings is 2. The van der Waals surface area contributed by atoms with E-state index in [9.17, 15) is 0 Å². The van der Waals surface area contributed by atoms with Gasteiger partial charge in [0.2, 0.25) is 5.95 Å². The topological polar surface area (TPSA) is 93.8 Å². The fourth-order valence-corrected chi connectivity index (χ4v) is 4.44. The number of aryl methyl sites for hydroxylation is 3. The first-order chi connectivity index (χ1) is 16.0. The molecule has 2 aromatic carbocycles. The minimum atomic E-state index is 0.271. The lowest BCUT2D eigenvalue weighted by molar-refractivity contribution is 0.340. The monoisotopic (exact) mass is 440 g/mol. The van der Waals surface area contributed by atoms with Crippen molar-refractivity contribution in [2.24, 2.45) is 7.05 Å². The number of aromatic nitrogens is 4. The molecule has 7 nitrogen and oxygen atoms in total. The second-order valence-corrected chi connectivity index (χ2v) is 8.24. The molecule has 5 rings (SSSR count). The van der Waals surface area contributed by atoms with E-state index in [-0.39, 0.29) is 5.95 Å². The number of hydrogen-bond acceptors (Lipinski definition) is 5. The van der Waals surface area contributed by atoms with Gasteiger partial charge in [0.1, 0.15) is 11.6 Å². The number of anilines is 3. The lowest BCUT2D eigenvalue weighted by Gasteiger charge is -2.15. The van der Waals surface area contributed by atoms with Crippen molar-refractivity contribution in [2.75, 3.05) is 17.7 Å². The van der Waals surface area contributed by atoms with E-state index in [1.54, 1.807) is 0 Å². The van der Waals surface area contributed by atoms with Gasteiger partial charge in [-0.2, -0.15) is 4.98 Å². The van der Waals surface area contributed by atoms with Crippen LogP contribution >= 0.6 is 0 Å². The summed E-state index contributed by atoms with van der Waals surface area (Å²) in [6.07, 6.45) is 5.76. The molecule has 3 aromatic heterocycles. The maximum atomic E-state index is 6.02. The van der Waals surface area contributed by atoms with E-state index < -0.39 is 0 Å². The summed E-state index contributed by atoms with van der Waals surface area (Å²) in [6.45, 7) is 4.64. The molecule has 4 N–H and O–H groups in total. The van der Waals surface area contributed by atoms with E-state index in [0.717, 1.165) is 57.8 Å². The SMILES string of the molecule is CCOc1ccc2[nH]cc(CCc3c(C)nc(N)nc3Nc3cccc4c3ccn4C)c2c1. The van der Waals surface area contributed by atoms with Crippen molar-refractivity contribution in [1.29, 1.82) is 0 Å². The number of H-pyrrole nitrogens is 1. The van der Waals surface area contributed by atoms with Crippen LogP contribution in [0.1, 0.15) is 23.7 Å². The minimum Gasteiger partial charge on any atom is -0.494 e. The third kappa shape index (κ3) is 3.98. The summed E-state index contributed by atoms with van der Waals surface area (Å²) in [5.41, 5.74) is 12.5. The van der Waals surface area contributed by atoms with Gasteiger partial charge in [-0.05, 0) is 68.7 Å². The molecular weight excluding hydrogens is 412 g/mol. The van der Waals surface area contributed by atoms with Gasteiger partial charge in [0.25, 0.3) is 0 Å². The summed E-state index contributed by atoms with van der Waals surface area (Å²) in [5, 5.41) is 5.85. The van der Waals surface area contributed by atoms with Crippen LogP contribution in [0.3, 0.4) is 0 Å². The van der Waals surface area contributed by atoms with Gasteiger partial charge in [0.15, 0.2) is 0 Å². The molecule has 3 heterocycles. The number of rotatable bonds is 7. The Hall–Kier alpha value is -4.00. The molecule has 0 aliphatic carbocycles. The van der Waals surface area contributed by atoms with Crippen molar-refractivity contribution in [3.8, 4) is 5.75 Å². The summed E-state index contributed by atoms with van der Waals surface area (Å²) in [7, 11) is 2.04. The van der Waals surface area contributed by atoms with Gasteiger partial charge in [-0.3, -0.25) is 0 Å². The predicted molar refractivity (Wildman–Crippen MR) is 134 cm³/mol. The van der Waals surface area contributed by atoms with Crippen LogP contribution in [-0.2, 0) is 19.9 Å². The van der Waals surface area contributed by atoms with Gasteiger partial charge in [-0.25, -0.2) is 4.98 Å². The maximum absolute atomic E-state index is 6.02. The average Bonchev–Trinajstić information content (AvgIpc) is 3.37. The van der Waals surface area contributed by atoms with E-state index >= 15 is 0 Å². The van der Waals surface area contributed by atoms with Gasteiger partial charge >= 0.3 is 0 Å². The van der Waals surface area contributed by atoms with Gasteiger partial charge in [-0.15, -0.1) is 0 Å². The second-order valence-electron chi connectivity index (χ2n) is 8.24. The van der Waals surface area contributed by atoms with Gasteiger partial charge in [-0.1, -0.05) is 6.07 Å². The number of ether oxygens (including phenoxy) is 1. The number of nitrogen functional groups attached to an aromatic ring is 1. The molecular formula is C26H28N6O. The number of nitrogens with one attached hydrogen (secondary N) is 2. The van der Waals surface area contributed by atoms with Crippen LogP contribution in [-0.4, -0.2) is 26.1 Å². The van der Waals surface area contributed by atoms with E-state index in [0.29, 0.717) is 6.61 Å². The molecule has 168 valence electrons. The third-order valence-electron chi connectivity index (χ3n) is 6.11. The molecule has 0 unspecified atom stereocenters. The quantitative estimate of drug-likeness (QED) is 0.321. The van der Waals surface area contributed by atoms with E-state index in [4.69, 9.17) is 10.5 Å².